The Morgan fingerprint density at radius 3 is 2.51 bits per heavy atom. The van der Waals surface area contributed by atoms with Gasteiger partial charge in [0, 0.05) is 16.6 Å². The van der Waals surface area contributed by atoms with Crippen molar-refractivity contribution in [2.24, 2.45) is 0 Å². The number of nitrogen functional groups attached to an aromatic ring is 1. The second-order valence-electron chi connectivity index (χ2n) is 7.95. The fraction of sp³-hybridized carbons (Fsp3) is 0.320. The third-order valence-electron chi connectivity index (χ3n) is 5.48. The standard InChI is InChI=1S/C25H29BrN4O5/c1-4-5-14-29-22(27)21(23(31)28-25(29)33)30(15-17-8-6-7-9-20(17)34-3)24(32)16(2)35-19-12-10-18(26)11-13-19/h6-13,16H,4-5,14-15,27H2,1-3H3,(H,28,31,33)/t16-/m0/s1. The third kappa shape index (κ3) is 6.13. The number of halogens is 1. The van der Waals surface area contributed by atoms with Gasteiger partial charge >= 0.3 is 5.69 Å². The molecule has 1 amide bonds. The number of H-pyrrole nitrogens is 1. The molecule has 3 N–H and O–H groups in total. The number of carbonyl (C=O) groups excluding carboxylic acids is 1. The number of nitrogens with zero attached hydrogens (tertiary/aromatic N) is 2. The van der Waals surface area contributed by atoms with Crippen molar-refractivity contribution in [3.8, 4) is 11.5 Å². The van der Waals surface area contributed by atoms with Crippen molar-refractivity contribution in [3.05, 3.63) is 79.4 Å². The van der Waals surface area contributed by atoms with E-state index in [1.807, 2.05) is 6.92 Å². The number of aromatic nitrogens is 2. The van der Waals surface area contributed by atoms with Gasteiger partial charge < -0.3 is 15.2 Å². The zero-order valence-electron chi connectivity index (χ0n) is 19.9. The first-order chi connectivity index (χ1) is 16.8. The maximum atomic E-state index is 13.7. The van der Waals surface area contributed by atoms with E-state index in [1.165, 1.54) is 16.6 Å². The number of nitrogens with one attached hydrogen (secondary N) is 1. The van der Waals surface area contributed by atoms with E-state index in [9.17, 15) is 14.4 Å². The van der Waals surface area contributed by atoms with Gasteiger partial charge in [-0.25, -0.2) is 4.79 Å². The van der Waals surface area contributed by atoms with Crippen molar-refractivity contribution in [2.45, 2.75) is 45.9 Å². The average Bonchev–Trinajstić information content (AvgIpc) is 2.84. The first-order valence-electron chi connectivity index (χ1n) is 11.2. The van der Waals surface area contributed by atoms with Crippen LogP contribution in [-0.4, -0.2) is 28.7 Å². The van der Waals surface area contributed by atoms with Gasteiger partial charge in [0.25, 0.3) is 11.5 Å². The molecule has 1 atom stereocenters. The number of aromatic amines is 1. The summed E-state index contributed by atoms with van der Waals surface area (Å²) in [4.78, 5) is 42.7. The van der Waals surface area contributed by atoms with Crippen molar-refractivity contribution in [1.82, 2.24) is 9.55 Å². The minimum atomic E-state index is -0.958. The summed E-state index contributed by atoms with van der Waals surface area (Å²) in [7, 11) is 1.52. The summed E-state index contributed by atoms with van der Waals surface area (Å²) in [6, 6.07) is 14.2. The van der Waals surface area contributed by atoms with Crippen LogP contribution < -0.4 is 31.4 Å². The second kappa shape index (κ2) is 11.7. The Balaban J connectivity index is 2.08. The molecular weight excluding hydrogens is 516 g/mol. The van der Waals surface area contributed by atoms with E-state index in [0.29, 0.717) is 30.0 Å². The summed E-state index contributed by atoms with van der Waals surface area (Å²) in [5, 5.41) is 0. The Morgan fingerprint density at radius 1 is 1.17 bits per heavy atom. The predicted octanol–water partition coefficient (Wildman–Crippen LogP) is 3.69. The van der Waals surface area contributed by atoms with Crippen LogP contribution in [0.15, 0.2) is 62.6 Å². The molecule has 0 fully saturated rings. The number of para-hydroxylation sites is 1. The molecule has 3 aromatic rings. The summed E-state index contributed by atoms with van der Waals surface area (Å²) in [6.45, 7) is 3.87. The van der Waals surface area contributed by atoms with Crippen molar-refractivity contribution in [2.75, 3.05) is 17.7 Å². The van der Waals surface area contributed by atoms with Crippen LogP contribution in [0.5, 0.6) is 11.5 Å². The molecule has 0 aliphatic carbocycles. The molecule has 0 saturated carbocycles. The number of hydrogen-bond acceptors (Lipinski definition) is 6. The quantitative estimate of drug-likeness (QED) is 0.401. The number of anilines is 2. The molecule has 10 heteroatoms. The number of hydrogen-bond donors (Lipinski definition) is 2. The van der Waals surface area contributed by atoms with Gasteiger partial charge in [-0.3, -0.25) is 24.0 Å². The van der Waals surface area contributed by atoms with Gasteiger partial charge in [-0.15, -0.1) is 0 Å². The van der Waals surface area contributed by atoms with Crippen molar-refractivity contribution in [3.63, 3.8) is 0 Å². The highest BCUT2D eigenvalue weighted by molar-refractivity contribution is 9.10. The molecule has 0 bridgehead atoms. The van der Waals surface area contributed by atoms with Gasteiger partial charge in [0.15, 0.2) is 11.8 Å². The molecule has 0 radical (unpaired) electrons. The van der Waals surface area contributed by atoms with Gasteiger partial charge in [-0.1, -0.05) is 47.5 Å². The zero-order chi connectivity index (χ0) is 25.5. The zero-order valence-corrected chi connectivity index (χ0v) is 21.5. The topological polar surface area (TPSA) is 120 Å². The molecule has 0 aliphatic rings. The molecule has 186 valence electrons. The summed E-state index contributed by atoms with van der Waals surface area (Å²) in [5.41, 5.74) is 5.51. The van der Waals surface area contributed by atoms with Crippen molar-refractivity contribution >= 4 is 33.3 Å². The lowest BCUT2D eigenvalue weighted by Crippen LogP contribution is -2.45. The van der Waals surface area contributed by atoms with E-state index in [0.717, 1.165) is 10.9 Å². The monoisotopic (exact) mass is 544 g/mol. The van der Waals surface area contributed by atoms with E-state index < -0.39 is 23.3 Å². The number of carbonyl (C=O) groups is 1. The number of nitrogens with two attached hydrogens (primary N) is 1. The molecule has 0 saturated heterocycles. The molecule has 0 aliphatic heterocycles. The molecule has 1 aromatic heterocycles. The molecule has 35 heavy (non-hydrogen) atoms. The average molecular weight is 545 g/mol. The number of unbranched alkanes of at least 4 members (excludes halogenated alkanes) is 1. The number of ether oxygens (including phenoxy) is 2. The first kappa shape index (κ1) is 26.1. The summed E-state index contributed by atoms with van der Waals surface area (Å²) in [5.74, 6) is 0.449. The summed E-state index contributed by atoms with van der Waals surface area (Å²) >= 11 is 3.37. The first-order valence-corrected chi connectivity index (χ1v) is 12.0. The van der Waals surface area contributed by atoms with Crippen LogP contribution >= 0.6 is 15.9 Å². The van der Waals surface area contributed by atoms with Gasteiger partial charge in [0.05, 0.1) is 13.7 Å². The van der Waals surface area contributed by atoms with Gasteiger partial charge in [-0.05, 0) is 43.7 Å². The van der Waals surface area contributed by atoms with E-state index in [1.54, 1.807) is 55.5 Å². The van der Waals surface area contributed by atoms with Gasteiger partial charge in [-0.2, -0.15) is 0 Å². The lowest BCUT2D eigenvalue weighted by atomic mass is 10.1. The minimum absolute atomic E-state index is 0.0177. The maximum Gasteiger partial charge on any atom is 0.330 e. The smallest absolute Gasteiger partial charge is 0.330 e. The van der Waals surface area contributed by atoms with Crippen molar-refractivity contribution in [1.29, 1.82) is 0 Å². The summed E-state index contributed by atoms with van der Waals surface area (Å²) < 4.78 is 13.5. The minimum Gasteiger partial charge on any atom is -0.496 e. The van der Waals surface area contributed by atoms with Crippen LogP contribution in [0.1, 0.15) is 32.3 Å². The molecule has 9 nitrogen and oxygen atoms in total. The highest BCUT2D eigenvalue weighted by Crippen LogP contribution is 2.26. The Kier molecular flexibility index (Phi) is 8.75. The van der Waals surface area contributed by atoms with Crippen LogP contribution in [0.2, 0.25) is 0 Å². The largest absolute Gasteiger partial charge is 0.496 e. The number of methoxy groups -OCH3 is 1. The normalized spacial score (nSPS) is 11.7. The third-order valence-corrected chi connectivity index (χ3v) is 6.01. The van der Waals surface area contributed by atoms with E-state index in [-0.39, 0.29) is 18.1 Å². The van der Waals surface area contributed by atoms with Crippen molar-refractivity contribution < 1.29 is 14.3 Å². The van der Waals surface area contributed by atoms with Crippen LogP contribution in [0.4, 0.5) is 11.5 Å². The fourth-order valence-corrected chi connectivity index (χ4v) is 3.90. The fourth-order valence-electron chi connectivity index (χ4n) is 3.63. The Hall–Kier alpha value is -3.53. The molecule has 1 heterocycles. The summed E-state index contributed by atoms with van der Waals surface area (Å²) in [6.07, 6.45) is 0.544. The van der Waals surface area contributed by atoms with Crippen LogP contribution in [-0.2, 0) is 17.9 Å². The maximum absolute atomic E-state index is 13.7. The molecule has 0 spiro atoms. The lowest BCUT2D eigenvalue weighted by molar-refractivity contribution is -0.124. The number of benzene rings is 2. The predicted molar refractivity (Wildman–Crippen MR) is 139 cm³/mol. The number of amides is 1. The highest BCUT2D eigenvalue weighted by Gasteiger charge is 2.30. The SMILES string of the molecule is CCCCn1c(N)c(N(Cc2ccccc2OC)C(=O)[C@H](C)Oc2ccc(Br)cc2)c(=O)[nH]c1=O. The van der Waals surface area contributed by atoms with Crippen LogP contribution in [0, 0.1) is 0 Å². The van der Waals surface area contributed by atoms with Crippen LogP contribution in [0.3, 0.4) is 0 Å². The highest BCUT2D eigenvalue weighted by atomic mass is 79.9. The Bertz CT molecular complexity index is 1290. The van der Waals surface area contributed by atoms with Gasteiger partial charge in [0.2, 0.25) is 0 Å². The molecule has 3 rings (SSSR count). The number of rotatable bonds is 10. The molecule has 2 aromatic carbocycles. The second-order valence-corrected chi connectivity index (χ2v) is 8.86. The van der Waals surface area contributed by atoms with E-state index in [4.69, 9.17) is 15.2 Å². The molecular formula is C25H29BrN4O5. The van der Waals surface area contributed by atoms with Crippen LogP contribution in [0.25, 0.3) is 0 Å². The van der Waals surface area contributed by atoms with E-state index in [2.05, 4.69) is 20.9 Å². The molecule has 0 unspecified atom stereocenters. The lowest BCUT2D eigenvalue weighted by Gasteiger charge is -2.28. The Morgan fingerprint density at radius 2 is 1.86 bits per heavy atom. The van der Waals surface area contributed by atoms with E-state index >= 15 is 0 Å². The Labute approximate surface area is 211 Å². The van der Waals surface area contributed by atoms with Gasteiger partial charge in [0.1, 0.15) is 17.3 Å².